The molecule has 0 aliphatic carbocycles. The average Bonchev–Trinajstić information content (AvgIpc) is 3.33. The minimum absolute atomic E-state index is 0.0773. The van der Waals surface area contributed by atoms with Gasteiger partial charge in [-0.15, -0.1) is 6.58 Å². The number of aliphatic hydroxyl groups is 1. The molecular weight excluding hydrogens is 544 g/mol. The first kappa shape index (κ1) is 27.4. The molecule has 0 aromatic heterocycles. The standard InChI is InChI=1S/C31H31BrN2O4/c1-2-20-33-30(36)31(19-8-12-23-10-4-3-5-11-23)28(26-13-6-7-14-27(26)32)38-29(34-31)24-15-17-25(18-16-24)37-22-9-21-35/h2-8,10-18,28,35H,1,9,19-22H2,(H,33,36)/b12-8+/t28-,31-/m1/s1. The Labute approximate surface area is 231 Å². The molecule has 2 atom stereocenters. The molecule has 0 saturated heterocycles. The van der Waals surface area contributed by atoms with Crippen LogP contribution in [0.15, 0.2) is 107 Å². The number of aliphatic hydroxyl groups excluding tert-OH is 1. The van der Waals surface area contributed by atoms with E-state index < -0.39 is 11.6 Å². The van der Waals surface area contributed by atoms with Gasteiger partial charge in [-0.3, -0.25) is 4.79 Å². The van der Waals surface area contributed by atoms with Gasteiger partial charge in [-0.05, 0) is 35.9 Å². The number of halogens is 1. The molecule has 0 unspecified atom stereocenters. The van der Waals surface area contributed by atoms with Gasteiger partial charge in [0, 0.05) is 41.6 Å². The molecule has 2 N–H and O–H groups in total. The van der Waals surface area contributed by atoms with E-state index in [4.69, 9.17) is 19.6 Å². The normalized spacial score (nSPS) is 18.6. The van der Waals surface area contributed by atoms with Gasteiger partial charge in [-0.2, -0.15) is 0 Å². The Kier molecular flexibility index (Phi) is 9.51. The third-order valence-electron chi connectivity index (χ3n) is 6.16. The number of carbonyl (C=O) groups is 1. The van der Waals surface area contributed by atoms with Crippen LogP contribution in [-0.4, -0.2) is 42.2 Å². The lowest BCUT2D eigenvalue weighted by Crippen LogP contribution is -2.48. The van der Waals surface area contributed by atoms with Gasteiger partial charge < -0.3 is 19.9 Å². The summed E-state index contributed by atoms with van der Waals surface area (Å²) in [5, 5.41) is 11.9. The Hall–Kier alpha value is -3.68. The van der Waals surface area contributed by atoms with Crippen LogP contribution in [-0.2, 0) is 9.53 Å². The van der Waals surface area contributed by atoms with Gasteiger partial charge in [0.1, 0.15) is 5.75 Å². The number of rotatable bonds is 12. The molecule has 0 saturated carbocycles. The zero-order valence-corrected chi connectivity index (χ0v) is 22.6. The number of benzene rings is 3. The minimum atomic E-state index is -1.25. The fourth-order valence-electron chi connectivity index (χ4n) is 4.24. The maximum absolute atomic E-state index is 13.8. The Bertz CT molecular complexity index is 1290. The number of amides is 1. The molecule has 3 aromatic carbocycles. The Morgan fingerprint density at radius 2 is 1.84 bits per heavy atom. The van der Waals surface area contributed by atoms with Gasteiger partial charge in [0.05, 0.1) is 6.61 Å². The second kappa shape index (κ2) is 13.2. The summed E-state index contributed by atoms with van der Waals surface area (Å²) in [7, 11) is 0. The zero-order chi connectivity index (χ0) is 26.8. The fraction of sp³-hybridized carbons (Fsp3) is 0.226. The van der Waals surface area contributed by atoms with Crippen LogP contribution >= 0.6 is 15.9 Å². The second-order valence-corrected chi connectivity index (χ2v) is 9.68. The van der Waals surface area contributed by atoms with Crippen molar-refractivity contribution in [2.24, 2.45) is 4.99 Å². The summed E-state index contributed by atoms with van der Waals surface area (Å²) in [5.74, 6) is 0.827. The molecule has 4 rings (SSSR count). The van der Waals surface area contributed by atoms with Crippen LogP contribution in [0.25, 0.3) is 6.08 Å². The first-order chi connectivity index (χ1) is 18.6. The van der Waals surface area contributed by atoms with Crippen LogP contribution in [0.5, 0.6) is 5.75 Å². The maximum atomic E-state index is 13.8. The van der Waals surface area contributed by atoms with Crippen molar-refractivity contribution < 1.29 is 19.4 Å². The smallest absolute Gasteiger partial charge is 0.252 e. The summed E-state index contributed by atoms with van der Waals surface area (Å²) >= 11 is 3.65. The summed E-state index contributed by atoms with van der Waals surface area (Å²) in [6.07, 6.45) is 5.83. The minimum Gasteiger partial charge on any atom is -0.494 e. The highest BCUT2D eigenvalue weighted by molar-refractivity contribution is 9.10. The zero-order valence-electron chi connectivity index (χ0n) is 21.1. The van der Waals surface area contributed by atoms with Crippen molar-refractivity contribution in [2.45, 2.75) is 24.5 Å². The average molecular weight is 576 g/mol. The number of aliphatic imine (C=N–C) groups is 1. The number of carbonyl (C=O) groups excluding carboxylic acids is 1. The van der Waals surface area contributed by atoms with Crippen LogP contribution in [0.4, 0.5) is 0 Å². The third-order valence-corrected chi connectivity index (χ3v) is 6.89. The molecule has 6 nitrogen and oxygen atoms in total. The van der Waals surface area contributed by atoms with E-state index in [1.54, 1.807) is 6.08 Å². The van der Waals surface area contributed by atoms with Crippen LogP contribution in [0, 0.1) is 0 Å². The van der Waals surface area contributed by atoms with E-state index >= 15 is 0 Å². The Balaban J connectivity index is 1.74. The highest BCUT2D eigenvalue weighted by Crippen LogP contribution is 2.45. The quantitative estimate of drug-likeness (QED) is 0.209. The molecule has 196 valence electrons. The molecular formula is C31H31BrN2O4. The van der Waals surface area contributed by atoms with E-state index in [-0.39, 0.29) is 12.5 Å². The third kappa shape index (κ3) is 6.41. The molecule has 1 aliphatic rings. The predicted molar refractivity (Wildman–Crippen MR) is 154 cm³/mol. The highest BCUT2D eigenvalue weighted by Gasteiger charge is 2.52. The van der Waals surface area contributed by atoms with E-state index in [0.717, 1.165) is 21.2 Å². The molecule has 0 fully saturated rings. The van der Waals surface area contributed by atoms with Crippen molar-refractivity contribution in [1.82, 2.24) is 5.32 Å². The molecule has 0 spiro atoms. The van der Waals surface area contributed by atoms with E-state index in [1.165, 1.54) is 0 Å². The highest BCUT2D eigenvalue weighted by atomic mass is 79.9. The SMILES string of the molecule is C=CCNC(=O)[C@]1(C/C=C/c2ccccc2)N=C(c2ccc(OCCCO)cc2)O[C@@H]1c1ccccc1Br. The second-order valence-electron chi connectivity index (χ2n) is 8.83. The molecule has 38 heavy (non-hydrogen) atoms. The lowest BCUT2D eigenvalue weighted by atomic mass is 9.84. The summed E-state index contributed by atoms with van der Waals surface area (Å²) in [4.78, 5) is 18.8. The van der Waals surface area contributed by atoms with Gasteiger partial charge in [0.15, 0.2) is 11.6 Å². The van der Waals surface area contributed by atoms with Crippen molar-refractivity contribution in [2.75, 3.05) is 19.8 Å². The Morgan fingerprint density at radius 1 is 1.11 bits per heavy atom. The molecule has 1 aliphatic heterocycles. The lowest BCUT2D eigenvalue weighted by molar-refractivity contribution is -0.128. The fourth-order valence-corrected chi connectivity index (χ4v) is 4.73. The molecule has 0 radical (unpaired) electrons. The number of hydrogen-bond donors (Lipinski definition) is 2. The first-order valence-corrected chi connectivity index (χ1v) is 13.3. The van der Waals surface area contributed by atoms with Gasteiger partial charge >= 0.3 is 0 Å². The molecule has 7 heteroatoms. The summed E-state index contributed by atoms with van der Waals surface area (Å²) < 4.78 is 13.0. The summed E-state index contributed by atoms with van der Waals surface area (Å²) in [5.41, 5.74) is 1.36. The van der Waals surface area contributed by atoms with Gasteiger partial charge in [0.2, 0.25) is 5.90 Å². The Morgan fingerprint density at radius 3 is 2.55 bits per heavy atom. The van der Waals surface area contributed by atoms with E-state index in [0.29, 0.717) is 37.6 Å². The summed E-state index contributed by atoms with van der Waals surface area (Å²) in [6.45, 7) is 4.56. The molecule has 1 amide bonds. The van der Waals surface area contributed by atoms with Crippen molar-refractivity contribution in [3.63, 3.8) is 0 Å². The van der Waals surface area contributed by atoms with E-state index in [2.05, 4.69) is 27.8 Å². The van der Waals surface area contributed by atoms with Crippen LogP contribution in [0.3, 0.4) is 0 Å². The van der Waals surface area contributed by atoms with Crippen LogP contribution in [0.1, 0.15) is 35.6 Å². The monoisotopic (exact) mass is 574 g/mol. The molecule has 1 heterocycles. The largest absolute Gasteiger partial charge is 0.494 e. The van der Waals surface area contributed by atoms with Crippen LogP contribution < -0.4 is 10.1 Å². The summed E-state index contributed by atoms with van der Waals surface area (Å²) in [6, 6.07) is 25.1. The van der Waals surface area contributed by atoms with E-state index in [9.17, 15) is 4.79 Å². The topological polar surface area (TPSA) is 80.2 Å². The van der Waals surface area contributed by atoms with Crippen molar-refractivity contribution in [1.29, 1.82) is 0 Å². The number of nitrogens with zero attached hydrogens (tertiary/aromatic N) is 1. The molecule has 3 aromatic rings. The predicted octanol–water partition coefficient (Wildman–Crippen LogP) is 5.87. The van der Waals surface area contributed by atoms with Gasteiger partial charge in [-0.25, -0.2) is 4.99 Å². The number of nitrogens with one attached hydrogen (secondary N) is 1. The number of ether oxygens (including phenoxy) is 2. The lowest BCUT2D eigenvalue weighted by Gasteiger charge is -2.30. The van der Waals surface area contributed by atoms with E-state index in [1.807, 2.05) is 91.0 Å². The first-order valence-electron chi connectivity index (χ1n) is 12.5. The van der Waals surface area contributed by atoms with Gasteiger partial charge in [-0.1, -0.05) is 82.7 Å². The maximum Gasteiger partial charge on any atom is 0.252 e. The van der Waals surface area contributed by atoms with Crippen molar-refractivity contribution >= 4 is 33.8 Å². The van der Waals surface area contributed by atoms with Crippen molar-refractivity contribution in [3.05, 3.63) is 119 Å². The number of hydrogen-bond acceptors (Lipinski definition) is 5. The molecule has 0 bridgehead atoms. The van der Waals surface area contributed by atoms with Gasteiger partial charge in [0.25, 0.3) is 5.91 Å². The van der Waals surface area contributed by atoms with Crippen LogP contribution in [0.2, 0.25) is 0 Å². The van der Waals surface area contributed by atoms with Crippen molar-refractivity contribution in [3.8, 4) is 5.75 Å².